The van der Waals surface area contributed by atoms with E-state index in [1.807, 2.05) is 0 Å². The zero-order valence-electron chi connectivity index (χ0n) is 14.1. The molecule has 136 valence electrons. The molecule has 0 saturated heterocycles. The lowest BCUT2D eigenvalue weighted by Crippen LogP contribution is -2.47. The third-order valence-corrected chi connectivity index (χ3v) is 4.64. The highest BCUT2D eigenvalue weighted by molar-refractivity contribution is 5.68. The first-order chi connectivity index (χ1) is 12.2. The Kier molecular flexibility index (Phi) is 4.69. The monoisotopic (exact) mass is 362 g/mol. The van der Waals surface area contributed by atoms with Crippen molar-refractivity contribution < 1.29 is 17.6 Å². The number of benzene rings is 1. The quantitative estimate of drug-likeness (QED) is 0.670. The number of hydrogen-bond donors (Lipinski definition) is 0. The summed E-state index contributed by atoms with van der Waals surface area (Å²) in [4.78, 5) is 0. The summed E-state index contributed by atoms with van der Waals surface area (Å²) in [6.07, 6.45) is 0.819. The standard InChI is InChI=1S/C20H18F4N2/c1-13(5-6-14(2)18-4-3-9-25-26-18)15-7-8-16-11-19(21,22)20(23,24)12-17(16)10-15/h3-4,7-10H,1-2,5-6,11-12H2. The average molecular weight is 362 g/mol. The maximum atomic E-state index is 13.6. The van der Waals surface area contributed by atoms with Crippen molar-refractivity contribution in [3.05, 3.63) is 72.1 Å². The second-order valence-electron chi connectivity index (χ2n) is 6.56. The van der Waals surface area contributed by atoms with Crippen LogP contribution in [-0.4, -0.2) is 22.0 Å². The van der Waals surface area contributed by atoms with Crippen molar-refractivity contribution in [2.75, 3.05) is 0 Å². The summed E-state index contributed by atoms with van der Waals surface area (Å²) in [7, 11) is 0. The van der Waals surface area contributed by atoms with Gasteiger partial charge in [-0.05, 0) is 52.8 Å². The molecule has 0 amide bonds. The molecule has 0 atom stereocenters. The van der Waals surface area contributed by atoms with E-state index in [1.165, 1.54) is 6.07 Å². The molecule has 26 heavy (non-hydrogen) atoms. The Balaban J connectivity index is 1.71. The van der Waals surface area contributed by atoms with Crippen molar-refractivity contribution in [3.63, 3.8) is 0 Å². The Labute approximate surface area is 149 Å². The molecule has 1 aliphatic rings. The number of alkyl halides is 4. The van der Waals surface area contributed by atoms with E-state index in [-0.39, 0.29) is 11.1 Å². The van der Waals surface area contributed by atoms with Gasteiger partial charge in [-0.2, -0.15) is 27.8 Å². The zero-order chi connectivity index (χ0) is 18.9. The number of fused-ring (bicyclic) bond motifs is 1. The summed E-state index contributed by atoms with van der Waals surface area (Å²) < 4.78 is 54.3. The second kappa shape index (κ2) is 6.67. The van der Waals surface area contributed by atoms with E-state index in [0.29, 0.717) is 24.1 Å². The summed E-state index contributed by atoms with van der Waals surface area (Å²) in [5, 5.41) is 7.78. The van der Waals surface area contributed by atoms with Crippen molar-refractivity contribution >= 4 is 11.1 Å². The highest BCUT2D eigenvalue weighted by atomic mass is 19.3. The van der Waals surface area contributed by atoms with Crippen molar-refractivity contribution in [1.82, 2.24) is 10.2 Å². The van der Waals surface area contributed by atoms with Crippen LogP contribution in [-0.2, 0) is 12.8 Å². The van der Waals surface area contributed by atoms with Gasteiger partial charge in [0.05, 0.1) is 5.69 Å². The fourth-order valence-corrected chi connectivity index (χ4v) is 2.98. The maximum Gasteiger partial charge on any atom is 0.314 e. The van der Waals surface area contributed by atoms with E-state index in [9.17, 15) is 17.6 Å². The minimum atomic E-state index is -4.03. The third kappa shape index (κ3) is 3.54. The Morgan fingerprint density at radius 1 is 0.923 bits per heavy atom. The average Bonchev–Trinajstić information content (AvgIpc) is 2.60. The van der Waals surface area contributed by atoms with Gasteiger partial charge in [-0.3, -0.25) is 0 Å². The first-order valence-electron chi connectivity index (χ1n) is 8.21. The van der Waals surface area contributed by atoms with Crippen LogP contribution in [0.25, 0.3) is 11.1 Å². The van der Waals surface area contributed by atoms with E-state index in [0.717, 1.165) is 11.1 Å². The summed E-state index contributed by atoms with van der Waals surface area (Å²) in [5.41, 5.74) is 3.42. The summed E-state index contributed by atoms with van der Waals surface area (Å²) >= 11 is 0. The molecule has 0 spiro atoms. The molecule has 0 bridgehead atoms. The van der Waals surface area contributed by atoms with E-state index in [2.05, 4.69) is 23.4 Å². The molecule has 0 N–H and O–H groups in total. The third-order valence-electron chi connectivity index (χ3n) is 4.64. The number of allylic oxidation sites excluding steroid dienone is 2. The minimum Gasteiger partial charge on any atom is -0.200 e. The van der Waals surface area contributed by atoms with Crippen LogP contribution in [0.2, 0.25) is 0 Å². The Morgan fingerprint density at radius 2 is 1.58 bits per heavy atom. The number of hydrogen-bond acceptors (Lipinski definition) is 2. The van der Waals surface area contributed by atoms with Gasteiger partial charge in [-0.1, -0.05) is 31.4 Å². The highest BCUT2D eigenvalue weighted by Gasteiger charge is 2.58. The van der Waals surface area contributed by atoms with Crippen molar-refractivity contribution in [2.24, 2.45) is 0 Å². The Morgan fingerprint density at radius 3 is 2.23 bits per heavy atom. The van der Waals surface area contributed by atoms with Crippen LogP contribution >= 0.6 is 0 Å². The fourth-order valence-electron chi connectivity index (χ4n) is 2.98. The van der Waals surface area contributed by atoms with Gasteiger partial charge >= 0.3 is 11.8 Å². The topological polar surface area (TPSA) is 25.8 Å². The maximum absolute atomic E-state index is 13.6. The molecule has 6 heteroatoms. The molecule has 0 aliphatic heterocycles. The van der Waals surface area contributed by atoms with Gasteiger partial charge in [0.2, 0.25) is 0 Å². The molecule has 2 nitrogen and oxygen atoms in total. The molecule has 0 radical (unpaired) electrons. The number of rotatable bonds is 5. The van der Waals surface area contributed by atoms with Crippen LogP contribution in [0.4, 0.5) is 17.6 Å². The Hall–Kier alpha value is -2.50. The van der Waals surface area contributed by atoms with E-state index in [4.69, 9.17) is 0 Å². The van der Waals surface area contributed by atoms with Gasteiger partial charge in [0.1, 0.15) is 0 Å². The van der Waals surface area contributed by atoms with E-state index >= 15 is 0 Å². The molecule has 0 unspecified atom stereocenters. The fraction of sp³-hybridized carbons (Fsp3) is 0.300. The predicted octanol–water partition coefficient (Wildman–Crippen LogP) is 5.35. The van der Waals surface area contributed by atoms with Crippen molar-refractivity contribution in [1.29, 1.82) is 0 Å². The molecule has 1 heterocycles. The van der Waals surface area contributed by atoms with Gasteiger partial charge in [-0.25, -0.2) is 0 Å². The first kappa shape index (κ1) is 18.3. The summed E-state index contributed by atoms with van der Waals surface area (Å²) in [6, 6.07) is 8.27. The minimum absolute atomic E-state index is 0.257. The van der Waals surface area contributed by atoms with Crippen molar-refractivity contribution in [2.45, 2.75) is 37.5 Å². The first-order valence-corrected chi connectivity index (χ1v) is 8.21. The van der Waals surface area contributed by atoms with Gasteiger partial charge in [-0.15, -0.1) is 0 Å². The van der Waals surface area contributed by atoms with E-state index < -0.39 is 24.7 Å². The largest absolute Gasteiger partial charge is 0.314 e. The summed E-state index contributed by atoms with van der Waals surface area (Å²) in [5.74, 6) is -8.03. The summed E-state index contributed by atoms with van der Waals surface area (Å²) in [6.45, 7) is 7.96. The normalized spacial score (nSPS) is 17.4. The molecular formula is C20H18F4N2. The highest BCUT2D eigenvalue weighted by Crippen LogP contribution is 2.44. The molecule has 1 aromatic carbocycles. The van der Waals surface area contributed by atoms with Gasteiger partial charge in [0.15, 0.2) is 0 Å². The van der Waals surface area contributed by atoms with Crippen LogP contribution in [0.15, 0.2) is 49.7 Å². The van der Waals surface area contributed by atoms with Gasteiger partial charge < -0.3 is 0 Å². The van der Waals surface area contributed by atoms with Crippen LogP contribution in [0.5, 0.6) is 0 Å². The second-order valence-corrected chi connectivity index (χ2v) is 6.56. The van der Waals surface area contributed by atoms with Crippen LogP contribution in [0.1, 0.15) is 35.2 Å². The number of halogens is 4. The smallest absolute Gasteiger partial charge is 0.200 e. The zero-order valence-corrected chi connectivity index (χ0v) is 14.1. The van der Waals surface area contributed by atoms with Gasteiger partial charge in [0.25, 0.3) is 0 Å². The van der Waals surface area contributed by atoms with Crippen LogP contribution in [0.3, 0.4) is 0 Å². The van der Waals surface area contributed by atoms with Crippen LogP contribution in [0, 0.1) is 0 Å². The lowest BCUT2D eigenvalue weighted by molar-refractivity contribution is -0.211. The van der Waals surface area contributed by atoms with E-state index in [1.54, 1.807) is 30.5 Å². The number of nitrogens with zero attached hydrogens (tertiary/aromatic N) is 2. The lowest BCUT2D eigenvalue weighted by Gasteiger charge is -2.32. The number of aromatic nitrogens is 2. The predicted molar refractivity (Wildman–Crippen MR) is 93.1 cm³/mol. The molecular weight excluding hydrogens is 344 g/mol. The lowest BCUT2D eigenvalue weighted by atomic mass is 9.84. The molecule has 0 fully saturated rings. The molecule has 1 aliphatic carbocycles. The molecule has 1 aromatic heterocycles. The Bertz CT molecular complexity index is 844. The van der Waals surface area contributed by atoms with Gasteiger partial charge in [0, 0.05) is 19.0 Å². The molecule has 2 aromatic rings. The van der Waals surface area contributed by atoms with Crippen LogP contribution < -0.4 is 0 Å². The molecule has 0 saturated carbocycles. The SMILES string of the molecule is C=C(CCC(=C)c1cccnn1)c1ccc2c(c1)CC(F)(F)C(F)(F)C2. The molecule has 3 rings (SSSR count). The van der Waals surface area contributed by atoms with Crippen molar-refractivity contribution in [3.8, 4) is 0 Å².